The van der Waals surface area contributed by atoms with Gasteiger partial charge in [0.25, 0.3) is 5.56 Å². The van der Waals surface area contributed by atoms with E-state index >= 15 is 0 Å². The number of benzene rings is 1. The summed E-state index contributed by atoms with van der Waals surface area (Å²) in [5.74, 6) is -0.0770. The third-order valence-corrected chi connectivity index (χ3v) is 5.68. The number of rotatable bonds is 4. The van der Waals surface area contributed by atoms with E-state index in [1.807, 2.05) is 6.07 Å². The van der Waals surface area contributed by atoms with Crippen LogP contribution < -0.4 is 15.2 Å². The largest absolute Gasteiger partial charge is 0.494 e. The number of nitrogens with zero attached hydrogens (tertiary/aromatic N) is 4. The lowest BCUT2D eigenvalue weighted by Gasteiger charge is -2.57. The molecule has 6 nitrogen and oxygen atoms in total. The molecular weight excluding hydrogens is 359 g/mol. The van der Waals surface area contributed by atoms with Gasteiger partial charge < -0.3 is 9.64 Å². The molecule has 4 heterocycles. The van der Waals surface area contributed by atoms with Crippen LogP contribution >= 0.6 is 11.6 Å². The zero-order valence-electron chi connectivity index (χ0n) is 14.7. The van der Waals surface area contributed by atoms with E-state index in [4.69, 9.17) is 16.3 Å². The van der Waals surface area contributed by atoms with Gasteiger partial charge in [0.2, 0.25) is 0 Å². The van der Waals surface area contributed by atoms with Crippen LogP contribution in [0.3, 0.4) is 0 Å². The molecule has 2 unspecified atom stereocenters. The summed E-state index contributed by atoms with van der Waals surface area (Å²) in [5, 5.41) is 4.29. The van der Waals surface area contributed by atoms with Crippen LogP contribution in [0.25, 0.3) is 0 Å². The zero-order valence-corrected chi connectivity index (χ0v) is 15.4. The lowest BCUT2D eigenvalue weighted by Crippen LogP contribution is -2.68. The molecule has 1 aromatic heterocycles. The maximum absolute atomic E-state index is 13.9. The predicted octanol–water partition coefficient (Wildman–Crippen LogP) is 2.04. The van der Waals surface area contributed by atoms with E-state index in [1.54, 1.807) is 19.3 Å². The molecule has 1 aromatic carbocycles. The van der Waals surface area contributed by atoms with Crippen molar-refractivity contribution in [3.05, 3.63) is 51.2 Å². The van der Waals surface area contributed by atoms with Crippen LogP contribution in [0, 0.1) is 5.82 Å². The summed E-state index contributed by atoms with van der Waals surface area (Å²) >= 11 is 6.22. The molecular formula is C18H20ClFN4O2. The average molecular weight is 379 g/mol. The van der Waals surface area contributed by atoms with Gasteiger partial charge >= 0.3 is 0 Å². The molecule has 2 aromatic rings. The summed E-state index contributed by atoms with van der Waals surface area (Å²) in [5.41, 5.74) is 1.34. The Morgan fingerprint density at radius 3 is 2.73 bits per heavy atom. The second-order valence-corrected chi connectivity index (χ2v) is 7.24. The molecule has 2 atom stereocenters. The first-order valence-electron chi connectivity index (χ1n) is 8.53. The van der Waals surface area contributed by atoms with Gasteiger partial charge in [-0.2, -0.15) is 5.10 Å². The maximum atomic E-state index is 13.9. The summed E-state index contributed by atoms with van der Waals surface area (Å²) < 4.78 is 20.1. The number of halogens is 2. The van der Waals surface area contributed by atoms with E-state index < -0.39 is 0 Å². The quantitative estimate of drug-likeness (QED) is 0.815. The van der Waals surface area contributed by atoms with E-state index in [0.717, 1.165) is 25.1 Å². The monoisotopic (exact) mass is 378 g/mol. The Labute approximate surface area is 155 Å². The molecule has 2 bridgehead atoms. The number of aryl methyl sites for hydroxylation is 1. The molecule has 3 aliphatic rings. The normalized spacial score (nSPS) is 22.2. The fourth-order valence-corrected chi connectivity index (χ4v) is 4.17. The lowest BCUT2D eigenvalue weighted by atomic mass is 9.86. The molecule has 0 spiro atoms. The van der Waals surface area contributed by atoms with Gasteiger partial charge in [-0.15, -0.1) is 0 Å². The van der Waals surface area contributed by atoms with E-state index in [-0.39, 0.29) is 22.1 Å². The van der Waals surface area contributed by atoms with Crippen molar-refractivity contribution in [2.24, 2.45) is 7.05 Å². The molecule has 0 amide bonds. The molecule has 0 saturated carbocycles. The van der Waals surface area contributed by atoms with E-state index in [9.17, 15) is 9.18 Å². The second kappa shape index (κ2) is 6.55. The number of aromatic nitrogens is 2. The summed E-state index contributed by atoms with van der Waals surface area (Å²) in [6, 6.07) is 5.82. The van der Waals surface area contributed by atoms with Gasteiger partial charge in [-0.3, -0.25) is 9.69 Å². The molecule has 8 heteroatoms. The molecule has 3 fully saturated rings. The fourth-order valence-electron chi connectivity index (χ4n) is 3.88. The first-order valence-corrected chi connectivity index (χ1v) is 8.90. The predicted molar refractivity (Wildman–Crippen MR) is 97.4 cm³/mol. The van der Waals surface area contributed by atoms with Gasteiger partial charge in [0.05, 0.1) is 19.0 Å². The van der Waals surface area contributed by atoms with Gasteiger partial charge in [0.1, 0.15) is 5.02 Å². The molecule has 3 aliphatic heterocycles. The van der Waals surface area contributed by atoms with Crippen molar-refractivity contribution in [3.8, 4) is 5.75 Å². The Morgan fingerprint density at radius 1 is 1.35 bits per heavy atom. The summed E-state index contributed by atoms with van der Waals surface area (Å²) in [4.78, 5) is 16.5. The average Bonchev–Trinajstić information content (AvgIpc) is 2.64. The van der Waals surface area contributed by atoms with Crippen molar-refractivity contribution in [1.29, 1.82) is 0 Å². The number of piperazine rings is 1. The van der Waals surface area contributed by atoms with Crippen molar-refractivity contribution >= 4 is 17.3 Å². The lowest BCUT2D eigenvalue weighted by molar-refractivity contribution is -0.00853. The van der Waals surface area contributed by atoms with Crippen molar-refractivity contribution in [2.75, 3.05) is 25.1 Å². The first kappa shape index (κ1) is 17.3. The van der Waals surface area contributed by atoms with Crippen molar-refractivity contribution in [3.63, 3.8) is 0 Å². The van der Waals surface area contributed by atoms with Crippen LogP contribution in [0.5, 0.6) is 5.75 Å². The zero-order chi connectivity index (χ0) is 18.4. The number of anilines is 1. The molecule has 0 aliphatic carbocycles. The van der Waals surface area contributed by atoms with Crippen molar-refractivity contribution in [1.82, 2.24) is 14.7 Å². The Balaban J connectivity index is 1.47. The molecule has 138 valence electrons. The highest BCUT2D eigenvalue weighted by Gasteiger charge is 2.44. The smallest absolute Gasteiger partial charge is 0.287 e. The Kier molecular flexibility index (Phi) is 4.36. The van der Waals surface area contributed by atoms with Crippen LogP contribution in [0.2, 0.25) is 5.02 Å². The van der Waals surface area contributed by atoms with Gasteiger partial charge in [0, 0.05) is 38.8 Å². The van der Waals surface area contributed by atoms with Crippen LogP contribution in [0.1, 0.15) is 12.0 Å². The Hall–Kier alpha value is -2.12. The third-order valence-electron chi connectivity index (χ3n) is 5.33. The summed E-state index contributed by atoms with van der Waals surface area (Å²) in [7, 11) is 3.05. The van der Waals surface area contributed by atoms with Crippen LogP contribution in [-0.2, 0) is 13.6 Å². The fraction of sp³-hybridized carbons (Fsp3) is 0.444. The van der Waals surface area contributed by atoms with Gasteiger partial charge in [-0.1, -0.05) is 17.7 Å². The van der Waals surface area contributed by atoms with Gasteiger partial charge in [0.15, 0.2) is 11.6 Å². The SMILES string of the molecule is COc1ccc(CN2C3CC2CN(c2cnn(C)c(=O)c2Cl)C3)cc1F. The standard InChI is InChI=1S/C18H20ClFN4O2/c1-22-18(25)17(19)15(7-21-22)23-9-12-6-13(10-23)24(12)8-11-3-4-16(26-2)14(20)5-11/h3-5,7,12-13H,6,8-10H2,1-2H3. The Bertz CT molecular complexity index is 891. The molecule has 26 heavy (non-hydrogen) atoms. The van der Waals surface area contributed by atoms with E-state index in [1.165, 1.54) is 17.9 Å². The molecule has 5 rings (SSSR count). The van der Waals surface area contributed by atoms with Crippen LogP contribution in [0.4, 0.5) is 10.1 Å². The number of methoxy groups -OCH3 is 1. The molecule has 0 radical (unpaired) electrons. The minimum absolute atomic E-state index is 0.215. The minimum Gasteiger partial charge on any atom is -0.494 e. The highest BCUT2D eigenvalue weighted by molar-refractivity contribution is 6.33. The number of fused-ring (bicyclic) bond motifs is 2. The molecule has 3 saturated heterocycles. The summed E-state index contributed by atoms with van der Waals surface area (Å²) in [6.45, 7) is 2.26. The molecule has 0 N–H and O–H groups in total. The van der Waals surface area contributed by atoms with E-state index in [2.05, 4.69) is 14.9 Å². The number of piperidine rings is 1. The third kappa shape index (κ3) is 2.85. The van der Waals surface area contributed by atoms with Crippen LogP contribution in [-0.4, -0.2) is 47.0 Å². The highest BCUT2D eigenvalue weighted by atomic mass is 35.5. The summed E-state index contributed by atoms with van der Waals surface area (Å²) in [6.07, 6.45) is 2.75. The van der Waals surface area contributed by atoms with E-state index in [0.29, 0.717) is 24.3 Å². The topological polar surface area (TPSA) is 50.6 Å². The first-order chi connectivity index (χ1) is 12.5. The van der Waals surface area contributed by atoms with Gasteiger partial charge in [-0.05, 0) is 24.1 Å². The van der Waals surface area contributed by atoms with Crippen LogP contribution in [0.15, 0.2) is 29.2 Å². The second-order valence-electron chi connectivity index (χ2n) is 6.86. The number of ether oxygens (including phenoxy) is 1. The maximum Gasteiger partial charge on any atom is 0.287 e. The number of hydrogen-bond acceptors (Lipinski definition) is 5. The highest BCUT2D eigenvalue weighted by Crippen LogP contribution is 2.37. The number of hydrogen-bond donors (Lipinski definition) is 0. The van der Waals surface area contributed by atoms with Gasteiger partial charge in [-0.25, -0.2) is 9.07 Å². The van der Waals surface area contributed by atoms with Crippen molar-refractivity contribution < 1.29 is 9.13 Å². The van der Waals surface area contributed by atoms with Crippen molar-refractivity contribution in [2.45, 2.75) is 25.0 Å². The minimum atomic E-state index is -0.338. The Morgan fingerprint density at radius 2 is 2.08 bits per heavy atom.